The fourth-order valence-electron chi connectivity index (χ4n) is 1.04. The van der Waals surface area contributed by atoms with Gasteiger partial charge in [0.25, 0.3) is 0 Å². The van der Waals surface area contributed by atoms with Gasteiger partial charge < -0.3 is 5.11 Å². The highest BCUT2D eigenvalue weighted by atomic mass is 32.2. The van der Waals surface area contributed by atoms with Gasteiger partial charge in [-0.15, -0.1) is 0 Å². The Morgan fingerprint density at radius 3 is 2.40 bits per heavy atom. The summed E-state index contributed by atoms with van der Waals surface area (Å²) in [6.45, 7) is -0.261. The van der Waals surface area contributed by atoms with E-state index in [1.165, 1.54) is 0 Å². The predicted octanol–water partition coefficient (Wildman–Crippen LogP) is 1.12. The largest absolute Gasteiger partial charge is 0.396 e. The fourth-order valence-corrected chi connectivity index (χ4v) is 2.35. The summed E-state index contributed by atoms with van der Waals surface area (Å²) in [4.78, 5) is -0.269. The van der Waals surface area contributed by atoms with E-state index in [0.717, 1.165) is 12.1 Å². The molecule has 0 aliphatic rings. The summed E-state index contributed by atoms with van der Waals surface area (Å²) in [5.74, 6) is -2.56. The van der Waals surface area contributed by atoms with Crippen LogP contribution in [0.4, 0.5) is 8.78 Å². The first-order valence-electron chi connectivity index (χ1n) is 4.26. The number of hydrogen-bond acceptors (Lipinski definition) is 3. The van der Waals surface area contributed by atoms with Crippen molar-refractivity contribution in [3.8, 4) is 0 Å². The second kappa shape index (κ2) is 4.67. The molecule has 1 aromatic rings. The summed E-state index contributed by atoms with van der Waals surface area (Å²) < 4.78 is 48.2. The van der Waals surface area contributed by atoms with E-state index in [-0.39, 0.29) is 23.7 Å². The molecule has 0 aliphatic carbocycles. The van der Waals surface area contributed by atoms with Crippen LogP contribution in [0.5, 0.6) is 0 Å². The van der Waals surface area contributed by atoms with Crippen molar-refractivity contribution in [3.05, 3.63) is 29.8 Å². The van der Waals surface area contributed by atoms with E-state index in [1.807, 2.05) is 0 Å². The second-order valence-electron chi connectivity index (χ2n) is 2.97. The average Bonchev–Trinajstić information content (AvgIpc) is 2.19. The Hall–Kier alpha value is -1.01. The van der Waals surface area contributed by atoms with Crippen LogP contribution >= 0.6 is 0 Å². The Labute approximate surface area is 86.3 Å². The highest BCUT2D eigenvalue weighted by Crippen LogP contribution is 2.15. The van der Waals surface area contributed by atoms with Crippen molar-refractivity contribution in [2.45, 2.75) is 11.3 Å². The molecule has 0 aliphatic heterocycles. The smallest absolute Gasteiger partial charge is 0.178 e. The highest BCUT2D eigenvalue weighted by Gasteiger charge is 2.15. The van der Waals surface area contributed by atoms with Crippen molar-refractivity contribution in [2.75, 3.05) is 12.4 Å². The van der Waals surface area contributed by atoms with Gasteiger partial charge in [0.15, 0.2) is 21.5 Å². The molecule has 0 aromatic heterocycles. The third-order valence-corrected chi connectivity index (χ3v) is 3.62. The number of aliphatic hydroxyl groups excluding tert-OH is 1. The third-order valence-electron chi connectivity index (χ3n) is 1.82. The normalized spacial score (nSPS) is 11.7. The molecule has 0 saturated heterocycles. The minimum atomic E-state index is -3.63. The topological polar surface area (TPSA) is 54.4 Å². The summed E-state index contributed by atoms with van der Waals surface area (Å²) in [6, 6.07) is 2.41. The van der Waals surface area contributed by atoms with Gasteiger partial charge >= 0.3 is 0 Å². The molecule has 0 spiro atoms. The standard InChI is InChI=1S/C9H10F2O3S/c10-8-3-2-7(6-9(8)11)15(13,14)5-1-4-12/h2-3,6,12H,1,4-5H2. The summed E-state index contributed by atoms with van der Waals surface area (Å²) in [5, 5.41) is 8.48. The van der Waals surface area contributed by atoms with E-state index in [1.54, 1.807) is 0 Å². The molecule has 1 rings (SSSR count). The number of benzene rings is 1. The number of aliphatic hydroxyl groups is 1. The monoisotopic (exact) mass is 236 g/mol. The summed E-state index contributed by atoms with van der Waals surface area (Å²) in [7, 11) is -3.63. The van der Waals surface area contributed by atoms with Crippen LogP contribution in [0.1, 0.15) is 6.42 Å². The molecule has 0 saturated carbocycles. The molecular weight excluding hydrogens is 226 g/mol. The Morgan fingerprint density at radius 1 is 1.20 bits per heavy atom. The second-order valence-corrected chi connectivity index (χ2v) is 5.08. The van der Waals surface area contributed by atoms with E-state index in [4.69, 9.17) is 5.11 Å². The minimum absolute atomic E-state index is 0.0708. The quantitative estimate of drug-likeness (QED) is 0.797. The SMILES string of the molecule is O=S(=O)(CCCO)c1ccc(F)c(F)c1. The van der Waals surface area contributed by atoms with Gasteiger partial charge in [0, 0.05) is 6.61 Å². The van der Waals surface area contributed by atoms with Gasteiger partial charge in [0.1, 0.15) is 0 Å². The van der Waals surface area contributed by atoms with Crippen LogP contribution in [-0.4, -0.2) is 25.9 Å². The molecule has 0 heterocycles. The Morgan fingerprint density at radius 2 is 1.87 bits per heavy atom. The number of rotatable bonds is 4. The molecule has 15 heavy (non-hydrogen) atoms. The summed E-state index contributed by atoms with van der Waals surface area (Å²) in [5.41, 5.74) is 0. The van der Waals surface area contributed by atoms with Crippen LogP contribution in [0.25, 0.3) is 0 Å². The average molecular weight is 236 g/mol. The van der Waals surface area contributed by atoms with Gasteiger partial charge in [-0.25, -0.2) is 17.2 Å². The van der Waals surface area contributed by atoms with Crippen molar-refractivity contribution < 1.29 is 22.3 Å². The Kier molecular flexibility index (Phi) is 3.76. The maximum atomic E-state index is 12.7. The predicted molar refractivity (Wildman–Crippen MR) is 50.1 cm³/mol. The molecule has 0 bridgehead atoms. The number of hydrogen-bond donors (Lipinski definition) is 1. The molecule has 3 nitrogen and oxygen atoms in total. The van der Waals surface area contributed by atoms with E-state index in [2.05, 4.69) is 0 Å². The van der Waals surface area contributed by atoms with Crippen LogP contribution in [0.15, 0.2) is 23.1 Å². The molecule has 0 radical (unpaired) electrons. The molecule has 0 unspecified atom stereocenters. The van der Waals surface area contributed by atoms with Crippen LogP contribution in [0.2, 0.25) is 0 Å². The molecule has 1 N–H and O–H groups in total. The van der Waals surface area contributed by atoms with Crippen LogP contribution in [0.3, 0.4) is 0 Å². The van der Waals surface area contributed by atoms with E-state index >= 15 is 0 Å². The zero-order chi connectivity index (χ0) is 11.5. The lowest BCUT2D eigenvalue weighted by Crippen LogP contribution is -2.08. The minimum Gasteiger partial charge on any atom is -0.396 e. The van der Waals surface area contributed by atoms with Crippen molar-refractivity contribution in [2.24, 2.45) is 0 Å². The molecule has 0 amide bonds. The zero-order valence-electron chi connectivity index (χ0n) is 7.78. The van der Waals surface area contributed by atoms with Gasteiger partial charge in [0.2, 0.25) is 0 Å². The third kappa shape index (κ3) is 2.97. The van der Waals surface area contributed by atoms with Gasteiger partial charge in [-0.05, 0) is 24.6 Å². The van der Waals surface area contributed by atoms with Gasteiger partial charge in [-0.2, -0.15) is 0 Å². The van der Waals surface area contributed by atoms with Crippen LogP contribution in [-0.2, 0) is 9.84 Å². The van der Waals surface area contributed by atoms with Crippen molar-refractivity contribution in [1.82, 2.24) is 0 Å². The Bertz CT molecular complexity index is 443. The molecular formula is C9H10F2O3S. The lowest BCUT2D eigenvalue weighted by Gasteiger charge is -2.03. The highest BCUT2D eigenvalue weighted by molar-refractivity contribution is 7.91. The Balaban J connectivity index is 3.00. The molecule has 0 fully saturated rings. The first kappa shape index (κ1) is 12.1. The van der Waals surface area contributed by atoms with Crippen LogP contribution in [0, 0.1) is 11.6 Å². The molecule has 1 aromatic carbocycles. The lowest BCUT2D eigenvalue weighted by molar-refractivity contribution is 0.295. The van der Waals surface area contributed by atoms with Gasteiger partial charge in [-0.1, -0.05) is 0 Å². The molecule has 84 valence electrons. The van der Waals surface area contributed by atoms with E-state index in [9.17, 15) is 17.2 Å². The fraction of sp³-hybridized carbons (Fsp3) is 0.333. The van der Waals surface area contributed by atoms with Gasteiger partial charge in [-0.3, -0.25) is 0 Å². The lowest BCUT2D eigenvalue weighted by atomic mass is 10.3. The van der Waals surface area contributed by atoms with Crippen molar-refractivity contribution >= 4 is 9.84 Å². The molecule has 0 atom stereocenters. The first-order valence-corrected chi connectivity index (χ1v) is 5.91. The van der Waals surface area contributed by atoms with Crippen molar-refractivity contribution in [3.63, 3.8) is 0 Å². The van der Waals surface area contributed by atoms with Crippen LogP contribution < -0.4 is 0 Å². The number of halogens is 2. The van der Waals surface area contributed by atoms with Gasteiger partial charge in [0.05, 0.1) is 10.6 Å². The zero-order valence-corrected chi connectivity index (χ0v) is 8.60. The summed E-state index contributed by atoms with van der Waals surface area (Å²) in [6.07, 6.45) is 0.0708. The van der Waals surface area contributed by atoms with E-state index in [0.29, 0.717) is 6.07 Å². The van der Waals surface area contributed by atoms with E-state index < -0.39 is 21.5 Å². The molecule has 6 heteroatoms. The first-order chi connectivity index (χ1) is 6.97. The maximum absolute atomic E-state index is 12.7. The number of sulfone groups is 1. The summed E-state index contributed by atoms with van der Waals surface area (Å²) >= 11 is 0. The van der Waals surface area contributed by atoms with Crippen molar-refractivity contribution in [1.29, 1.82) is 0 Å². The maximum Gasteiger partial charge on any atom is 0.178 e.